The second-order valence-electron chi connectivity index (χ2n) is 7.55. The molecule has 0 N–H and O–H groups in total. The number of aromatic nitrogens is 2. The lowest BCUT2D eigenvalue weighted by atomic mass is 10.1. The molecule has 0 radical (unpaired) electrons. The lowest BCUT2D eigenvalue weighted by molar-refractivity contribution is 0.0771. The number of carbonyl (C=O) groups excluding carboxylic acids is 1. The predicted molar refractivity (Wildman–Crippen MR) is 111 cm³/mol. The SMILES string of the molecule is CN(C)c1ccc(O[C@@H]2CCN(C(=O)c3ccc(N4CCOCC4)cc3)C2)nn1. The van der Waals surface area contributed by atoms with Crippen LogP contribution in [-0.2, 0) is 4.74 Å². The van der Waals surface area contributed by atoms with Gasteiger partial charge in [-0.3, -0.25) is 4.79 Å². The highest BCUT2D eigenvalue weighted by Crippen LogP contribution is 2.21. The predicted octanol–water partition coefficient (Wildman–Crippen LogP) is 1.67. The lowest BCUT2D eigenvalue weighted by Gasteiger charge is -2.29. The lowest BCUT2D eigenvalue weighted by Crippen LogP contribution is -2.36. The Kier molecular flexibility index (Phi) is 5.80. The molecule has 8 heteroatoms. The molecule has 2 aromatic rings. The maximum atomic E-state index is 12.9. The van der Waals surface area contributed by atoms with E-state index in [2.05, 4.69) is 15.1 Å². The van der Waals surface area contributed by atoms with Crippen molar-refractivity contribution in [3.63, 3.8) is 0 Å². The second-order valence-corrected chi connectivity index (χ2v) is 7.55. The summed E-state index contributed by atoms with van der Waals surface area (Å²) in [6, 6.07) is 11.5. The number of amides is 1. The van der Waals surface area contributed by atoms with Gasteiger partial charge in [-0.05, 0) is 30.3 Å². The van der Waals surface area contributed by atoms with Crippen LogP contribution in [0.2, 0.25) is 0 Å². The number of carbonyl (C=O) groups is 1. The topological polar surface area (TPSA) is 71.0 Å². The van der Waals surface area contributed by atoms with Crippen molar-refractivity contribution >= 4 is 17.4 Å². The minimum absolute atomic E-state index is 0.0404. The fraction of sp³-hybridized carbons (Fsp3) is 0.476. The Morgan fingerprint density at radius 2 is 1.83 bits per heavy atom. The Bertz CT molecular complexity index is 819. The molecule has 2 aliphatic heterocycles. The van der Waals surface area contributed by atoms with E-state index in [9.17, 15) is 4.79 Å². The number of benzene rings is 1. The van der Waals surface area contributed by atoms with Gasteiger partial charge >= 0.3 is 0 Å². The van der Waals surface area contributed by atoms with E-state index >= 15 is 0 Å². The summed E-state index contributed by atoms with van der Waals surface area (Å²) in [5.74, 6) is 1.31. The zero-order valence-electron chi connectivity index (χ0n) is 17.0. The molecule has 2 aliphatic rings. The van der Waals surface area contributed by atoms with Gasteiger partial charge in [-0.25, -0.2) is 0 Å². The number of hydrogen-bond acceptors (Lipinski definition) is 7. The third-order valence-corrected chi connectivity index (χ3v) is 5.29. The van der Waals surface area contributed by atoms with Crippen LogP contribution in [0.15, 0.2) is 36.4 Å². The quantitative estimate of drug-likeness (QED) is 0.760. The normalized spacial score (nSPS) is 19.3. The number of rotatable bonds is 5. The molecule has 0 spiro atoms. The summed E-state index contributed by atoms with van der Waals surface area (Å²) >= 11 is 0. The van der Waals surface area contributed by atoms with Crippen LogP contribution in [0.3, 0.4) is 0 Å². The van der Waals surface area contributed by atoms with Gasteiger partial charge in [-0.2, -0.15) is 0 Å². The van der Waals surface area contributed by atoms with Crippen LogP contribution in [-0.4, -0.2) is 80.6 Å². The first-order valence-corrected chi connectivity index (χ1v) is 10.00. The summed E-state index contributed by atoms with van der Waals surface area (Å²) in [6.45, 7) is 4.50. The first-order valence-electron chi connectivity index (χ1n) is 10.00. The summed E-state index contributed by atoms with van der Waals surface area (Å²) in [4.78, 5) is 18.9. The van der Waals surface area contributed by atoms with E-state index in [4.69, 9.17) is 9.47 Å². The van der Waals surface area contributed by atoms with Crippen LogP contribution < -0.4 is 14.5 Å². The van der Waals surface area contributed by atoms with Crippen LogP contribution in [0.5, 0.6) is 5.88 Å². The number of nitrogens with zero attached hydrogens (tertiary/aromatic N) is 5. The van der Waals surface area contributed by atoms with Crippen molar-refractivity contribution in [3.05, 3.63) is 42.0 Å². The Morgan fingerprint density at radius 1 is 1.07 bits per heavy atom. The number of anilines is 2. The highest BCUT2D eigenvalue weighted by atomic mass is 16.5. The van der Waals surface area contributed by atoms with Crippen molar-refractivity contribution in [1.82, 2.24) is 15.1 Å². The van der Waals surface area contributed by atoms with Gasteiger partial charge in [0.25, 0.3) is 5.91 Å². The van der Waals surface area contributed by atoms with Gasteiger partial charge in [-0.1, -0.05) is 0 Å². The van der Waals surface area contributed by atoms with Crippen LogP contribution >= 0.6 is 0 Å². The third kappa shape index (κ3) is 4.59. The molecule has 1 atom stereocenters. The Labute approximate surface area is 171 Å². The second kappa shape index (κ2) is 8.65. The van der Waals surface area contributed by atoms with E-state index in [0.29, 0.717) is 24.5 Å². The average Bonchev–Trinajstić information content (AvgIpc) is 3.23. The minimum Gasteiger partial charge on any atom is -0.471 e. The van der Waals surface area contributed by atoms with Crippen LogP contribution in [0.25, 0.3) is 0 Å². The van der Waals surface area contributed by atoms with Crippen LogP contribution in [0.1, 0.15) is 16.8 Å². The van der Waals surface area contributed by atoms with E-state index < -0.39 is 0 Å². The fourth-order valence-electron chi connectivity index (χ4n) is 3.61. The third-order valence-electron chi connectivity index (χ3n) is 5.29. The highest BCUT2D eigenvalue weighted by molar-refractivity contribution is 5.94. The molecule has 2 fully saturated rings. The molecule has 1 aromatic heterocycles. The molecule has 0 saturated carbocycles. The summed E-state index contributed by atoms with van der Waals surface area (Å²) < 4.78 is 11.3. The molecule has 1 amide bonds. The molecule has 1 aromatic carbocycles. The smallest absolute Gasteiger partial charge is 0.253 e. The van der Waals surface area contributed by atoms with Crippen molar-refractivity contribution < 1.29 is 14.3 Å². The maximum Gasteiger partial charge on any atom is 0.253 e. The van der Waals surface area contributed by atoms with Crippen molar-refractivity contribution in [3.8, 4) is 5.88 Å². The van der Waals surface area contributed by atoms with Crippen molar-refractivity contribution in [2.24, 2.45) is 0 Å². The van der Waals surface area contributed by atoms with Gasteiger partial charge in [0.2, 0.25) is 5.88 Å². The molecule has 29 heavy (non-hydrogen) atoms. The van der Waals surface area contributed by atoms with Crippen molar-refractivity contribution in [2.45, 2.75) is 12.5 Å². The summed E-state index contributed by atoms with van der Waals surface area (Å²) in [5, 5.41) is 8.24. The Morgan fingerprint density at radius 3 is 2.48 bits per heavy atom. The zero-order chi connectivity index (χ0) is 20.2. The number of likely N-dealkylation sites (tertiary alicyclic amines) is 1. The fourth-order valence-corrected chi connectivity index (χ4v) is 3.61. The van der Waals surface area contributed by atoms with E-state index in [1.165, 1.54) is 0 Å². The van der Waals surface area contributed by atoms with E-state index in [1.54, 1.807) is 0 Å². The first kappa shape index (κ1) is 19.4. The van der Waals surface area contributed by atoms with Crippen LogP contribution in [0, 0.1) is 0 Å². The highest BCUT2D eigenvalue weighted by Gasteiger charge is 2.28. The molecule has 0 aliphatic carbocycles. The first-order chi connectivity index (χ1) is 14.1. The van der Waals surface area contributed by atoms with Gasteiger partial charge < -0.3 is 24.2 Å². The molecule has 4 rings (SSSR count). The molecule has 8 nitrogen and oxygen atoms in total. The van der Waals surface area contributed by atoms with E-state index in [-0.39, 0.29) is 12.0 Å². The van der Waals surface area contributed by atoms with E-state index in [0.717, 1.165) is 44.2 Å². The minimum atomic E-state index is -0.0638. The molecule has 2 saturated heterocycles. The number of hydrogen-bond donors (Lipinski definition) is 0. The summed E-state index contributed by atoms with van der Waals surface area (Å²) in [6.07, 6.45) is 0.723. The Balaban J connectivity index is 1.33. The Hall–Kier alpha value is -2.87. The van der Waals surface area contributed by atoms with Gasteiger partial charge in [0.05, 0.1) is 19.8 Å². The molecule has 154 valence electrons. The maximum absolute atomic E-state index is 12.9. The zero-order valence-corrected chi connectivity index (χ0v) is 17.0. The largest absolute Gasteiger partial charge is 0.471 e. The number of morpholine rings is 1. The molecule has 0 unspecified atom stereocenters. The molecular weight excluding hydrogens is 370 g/mol. The van der Waals surface area contributed by atoms with Crippen LogP contribution in [0.4, 0.5) is 11.5 Å². The summed E-state index contributed by atoms with van der Waals surface area (Å²) in [7, 11) is 3.83. The average molecular weight is 397 g/mol. The monoisotopic (exact) mass is 397 g/mol. The van der Waals surface area contributed by atoms with Gasteiger partial charge in [-0.15, -0.1) is 10.2 Å². The van der Waals surface area contributed by atoms with Gasteiger partial charge in [0.1, 0.15) is 6.10 Å². The standard InChI is InChI=1S/C21H27N5O3/c1-24(2)19-7-8-20(23-22-19)29-18-9-10-26(15-18)21(27)16-3-5-17(6-4-16)25-11-13-28-14-12-25/h3-8,18H,9-15H2,1-2H3/t18-/m1/s1. The summed E-state index contributed by atoms with van der Waals surface area (Å²) in [5.41, 5.74) is 1.84. The van der Waals surface area contributed by atoms with Crippen molar-refractivity contribution in [1.29, 1.82) is 0 Å². The number of ether oxygens (including phenoxy) is 2. The van der Waals surface area contributed by atoms with E-state index in [1.807, 2.05) is 60.3 Å². The van der Waals surface area contributed by atoms with Gasteiger partial charge in [0.15, 0.2) is 5.82 Å². The molecule has 0 bridgehead atoms. The van der Waals surface area contributed by atoms with Crippen molar-refractivity contribution in [2.75, 3.05) is 63.3 Å². The molecule has 3 heterocycles. The molecular formula is C21H27N5O3. The van der Waals surface area contributed by atoms with Gasteiger partial charge in [0, 0.05) is 57.5 Å².